The van der Waals surface area contributed by atoms with Gasteiger partial charge in [0.25, 0.3) is 0 Å². The van der Waals surface area contributed by atoms with Gasteiger partial charge in [-0.25, -0.2) is 0 Å². The quantitative estimate of drug-likeness (QED) is 0.709. The number of nitrogens with one attached hydrogen (secondary N) is 2. The zero-order valence-corrected chi connectivity index (χ0v) is 17.9. The monoisotopic (exact) mass is 437 g/mol. The lowest BCUT2D eigenvalue weighted by atomic mass is 10.1. The molecule has 0 spiro atoms. The van der Waals surface area contributed by atoms with Crippen LogP contribution in [0.25, 0.3) is 0 Å². The molecule has 0 saturated carbocycles. The van der Waals surface area contributed by atoms with Crippen molar-refractivity contribution in [2.75, 3.05) is 26.0 Å². The van der Waals surface area contributed by atoms with E-state index in [0.29, 0.717) is 22.3 Å². The van der Waals surface area contributed by atoms with E-state index in [1.54, 1.807) is 12.1 Å². The number of hydrogen-bond acceptors (Lipinski definition) is 4. The molecule has 2 aromatic carbocycles. The molecule has 2 atom stereocenters. The normalized spacial score (nSPS) is 17.0. The second-order valence-corrected chi connectivity index (χ2v) is 8.83. The van der Waals surface area contributed by atoms with Crippen LogP contribution in [0.2, 0.25) is 10.0 Å². The maximum absolute atomic E-state index is 12.5. The summed E-state index contributed by atoms with van der Waals surface area (Å²) in [6, 6.07) is 12.9. The van der Waals surface area contributed by atoms with E-state index in [2.05, 4.69) is 10.6 Å². The summed E-state index contributed by atoms with van der Waals surface area (Å²) in [5, 5.41) is 6.50. The summed E-state index contributed by atoms with van der Waals surface area (Å²) in [5.41, 5.74) is 1.63. The number of likely N-dealkylation sites (N-methyl/N-ethyl adjacent to an activating group) is 1. The molecule has 5 nitrogen and oxygen atoms in total. The van der Waals surface area contributed by atoms with Gasteiger partial charge >= 0.3 is 0 Å². The molecule has 0 saturated heterocycles. The molecule has 0 aliphatic carbocycles. The summed E-state index contributed by atoms with van der Waals surface area (Å²) in [5.74, 6) is -0.367. The SMILES string of the molecule is CN(C)C(CNC(=O)CC1Sc2ccc(Cl)cc2NC1=O)c1ccccc1Cl. The topological polar surface area (TPSA) is 61.4 Å². The Kier molecular flexibility index (Phi) is 6.88. The maximum Gasteiger partial charge on any atom is 0.238 e. The molecule has 0 bridgehead atoms. The van der Waals surface area contributed by atoms with E-state index >= 15 is 0 Å². The van der Waals surface area contributed by atoms with E-state index in [4.69, 9.17) is 23.2 Å². The van der Waals surface area contributed by atoms with Gasteiger partial charge in [-0.1, -0.05) is 41.4 Å². The first kappa shape index (κ1) is 21.0. The van der Waals surface area contributed by atoms with Crippen LogP contribution in [0.15, 0.2) is 47.4 Å². The van der Waals surface area contributed by atoms with Crippen molar-refractivity contribution in [3.63, 3.8) is 0 Å². The first-order valence-electron chi connectivity index (χ1n) is 8.80. The molecule has 8 heteroatoms. The summed E-state index contributed by atoms with van der Waals surface area (Å²) in [7, 11) is 3.87. The predicted molar refractivity (Wildman–Crippen MR) is 115 cm³/mol. The lowest BCUT2D eigenvalue weighted by molar-refractivity contribution is -0.124. The Bertz CT molecular complexity index is 892. The smallest absolute Gasteiger partial charge is 0.238 e. The van der Waals surface area contributed by atoms with Crippen molar-refractivity contribution in [2.24, 2.45) is 0 Å². The third-order valence-electron chi connectivity index (χ3n) is 4.51. The fraction of sp³-hybridized carbons (Fsp3) is 0.300. The summed E-state index contributed by atoms with van der Waals surface area (Å²) < 4.78 is 0. The van der Waals surface area contributed by atoms with Crippen LogP contribution < -0.4 is 10.6 Å². The Morgan fingerprint density at radius 3 is 2.71 bits per heavy atom. The molecule has 1 aliphatic heterocycles. The fourth-order valence-corrected chi connectivity index (χ4v) is 4.55. The Hall–Kier alpha value is -1.73. The number of halogens is 2. The zero-order valence-electron chi connectivity index (χ0n) is 15.5. The third-order valence-corrected chi connectivity index (χ3v) is 6.37. The highest BCUT2D eigenvalue weighted by atomic mass is 35.5. The Labute approximate surface area is 178 Å². The van der Waals surface area contributed by atoms with Gasteiger partial charge < -0.3 is 15.5 Å². The predicted octanol–water partition coefficient (Wildman–Crippen LogP) is 4.22. The van der Waals surface area contributed by atoms with Gasteiger partial charge in [-0.05, 0) is 43.9 Å². The third kappa shape index (κ3) is 5.00. The minimum absolute atomic E-state index is 0.0617. The molecule has 2 amide bonds. The molecular weight excluding hydrogens is 417 g/mol. The highest BCUT2D eigenvalue weighted by Crippen LogP contribution is 2.38. The lowest BCUT2D eigenvalue weighted by Gasteiger charge is -2.27. The van der Waals surface area contributed by atoms with E-state index < -0.39 is 5.25 Å². The molecule has 1 aliphatic rings. The summed E-state index contributed by atoms with van der Waals surface area (Å²) in [6.07, 6.45) is 0.0984. The Morgan fingerprint density at radius 2 is 2.00 bits per heavy atom. The number of thioether (sulfide) groups is 1. The molecule has 148 valence electrons. The Balaban J connectivity index is 1.61. The molecule has 1 heterocycles. The van der Waals surface area contributed by atoms with Crippen molar-refractivity contribution in [1.82, 2.24) is 10.2 Å². The van der Waals surface area contributed by atoms with E-state index in [0.717, 1.165) is 10.5 Å². The molecule has 28 heavy (non-hydrogen) atoms. The maximum atomic E-state index is 12.5. The number of rotatable bonds is 6. The van der Waals surface area contributed by atoms with Crippen molar-refractivity contribution in [2.45, 2.75) is 22.6 Å². The van der Waals surface area contributed by atoms with Gasteiger partial charge in [-0.2, -0.15) is 0 Å². The van der Waals surface area contributed by atoms with Crippen LogP contribution in [0.3, 0.4) is 0 Å². The second kappa shape index (κ2) is 9.18. The molecule has 0 aromatic heterocycles. The van der Waals surface area contributed by atoms with Gasteiger partial charge in [-0.15, -0.1) is 11.8 Å². The van der Waals surface area contributed by atoms with Crippen LogP contribution in [0.4, 0.5) is 5.69 Å². The minimum Gasteiger partial charge on any atom is -0.354 e. The molecular formula is C20H21Cl2N3O2S. The van der Waals surface area contributed by atoms with Gasteiger partial charge in [0.1, 0.15) is 0 Å². The minimum atomic E-state index is -0.480. The van der Waals surface area contributed by atoms with Crippen LogP contribution in [-0.4, -0.2) is 42.6 Å². The number of carbonyl (C=O) groups excluding carboxylic acids is 2. The van der Waals surface area contributed by atoms with Crippen LogP contribution >= 0.6 is 35.0 Å². The number of anilines is 1. The van der Waals surface area contributed by atoms with Gasteiger partial charge in [0.05, 0.1) is 17.0 Å². The lowest BCUT2D eigenvalue weighted by Crippen LogP contribution is -2.38. The van der Waals surface area contributed by atoms with Gasteiger partial charge in [-0.3, -0.25) is 9.59 Å². The summed E-state index contributed by atoms with van der Waals surface area (Å²) in [6.45, 7) is 0.404. The molecule has 2 aromatic rings. The van der Waals surface area contributed by atoms with Gasteiger partial charge in [0, 0.05) is 27.9 Å². The number of amides is 2. The van der Waals surface area contributed by atoms with Gasteiger partial charge in [0.2, 0.25) is 11.8 Å². The van der Waals surface area contributed by atoms with Crippen molar-refractivity contribution < 1.29 is 9.59 Å². The fourth-order valence-electron chi connectivity index (χ4n) is 3.02. The Morgan fingerprint density at radius 1 is 1.25 bits per heavy atom. The van der Waals surface area contributed by atoms with E-state index in [9.17, 15) is 9.59 Å². The number of carbonyl (C=O) groups is 2. The number of fused-ring (bicyclic) bond motifs is 1. The molecule has 0 radical (unpaired) electrons. The van der Waals surface area contributed by atoms with Crippen molar-refractivity contribution >= 4 is 52.5 Å². The number of nitrogens with zero attached hydrogens (tertiary/aromatic N) is 1. The second-order valence-electron chi connectivity index (χ2n) is 6.75. The highest BCUT2D eigenvalue weighted by molar-refractivity contribution is 8.01. The van der Waals surface area contributed by atoms with Crippen LogP contribution in [0.5, 0.6) is 0 Å². The molecule has 2 unspecified atom stereocenters. The van der Waals surface area contributed by atoms with Crippen LogP contribution in [0.1, 0.15) is 18.0 Å². The standard InChI is InChI=1S/C20H21Cl2N3O2S/c1-25(2)16(13-5-3-4-6-14(13)22)11-23-19(26)10-18-20(27)24-15-9-12(21)7-8-17(15)28-18/h3-9,16,18H,10-11H2,1-2H3,(H,23,26)(H,24,27). The van der Waals surface area contributed by atoms with E-state index in [1.807, 2.05) is 49.3 Å². The van der Waals surface area contributed by atoms with Gasteiger partial charge in [0.15, 0.2) is 0 Å². The number of benzene rings is 2. The number of hydrogen-bond donors (Lipinski definition) is 2. The summed E-state index contributed by atoms with van der Waals surface area (Å²) >= 11 is 13.7. The largest absolute Gasteiger partial charge is 0.354 e. The first-order valence-corrected chi connectivity index (χ1v) is 10.4. The van der Waals surface area contributed by atoms with Crippen LogP contribution in [-0.2, 0) is 9.59 Å². The van der Waals surface area contributed by atoms with E-state index in [1.165, 1.54) is 11.8 Å². The van der Waals surface area contributed by atoms with Crippen molar-refractivity contribution in [1.29, 1.82) is 0 Å². The average Bonchev–Trinajstić information content (AvgIpc) is 2.64. The van der Waals surface area contributed by atoms with Crippen molar-refractivity contribution in [3.8, 4) is 0 Å². The highest BCUT2D eigenvalue weighted by Gasteiger charge is 2.29. The summed E-state index contributed by atoms with van der Waals surface area (Å²) in [4.78, 5) is 27.7. The van der Waals surface area contributed by atoms with Crippen molar-refractivity contribution in [3.05, 3.63) is 58.1 Å². The first-order chi connectivity index (χ1) is 13.3. The average molecular weight is 438 g/mol. The van der Waals surface area contributed by atoms with E-state index in [-0.39, 0.29) is 24.3 Å². The molecule has 3 rings (SSSR count). The molecule has 2 N–H and O–H groups in total. The van der Waals surface area contributed by atoms with Crippen LogP contribution in [0, 0.1) is 0 Å². The molecule has 0 fully saturated rings. The zero-order chi connectivity index (χ0) is 20.3.